The summed E-state index contributed by atoms with van der Waals surface area (Å²) in [5.41, 5.74) is 0.917. The minimum absolute atomic E-state index is 0.0860. The quantitative estimate of drug-likeness (QED) is 0.867. The first-order valence-corrected chi connectivity index (χ1v) is 7.73. The maximum Gasteiger partial charge on any atom is 0.244 e. The maximum atomic E-state index is 12.5. The van der Waals surface area contributed by atoms with Crippen molar-refractivity contribution >= 4 is 5.91 Å². The van der Waals surface area contributed by atoms with Gasteiger partial charge in [-0.25, -0.2) is 4.68 Å². The Balaban J connectivity index is 1.74. The summed E-state index contributed by atoms with van der Waals surface area (Å²) < 4.78 is 1.58. The van der Waals surface area contributed by atoms with E-state index in [0.29, 0.717) is 17.7 Å². The van der Waals surface area contributed by atoms with Gasteiger partial charge in [0, 0.05) is 18.7 Å². The highest BCUT2D eigenvalue weighted by atomic mass is 16.2. The topological polar surface area (TPSA) is 63.9 Å². The van der Waals surface area contributed by atoms with Gasteiger partial charge < -0.3 is 4.90 Å². The number of carbonyl (C=O) groups excluding carboxylic acids is 1. The van der Waals surface area contributed by atoms with Gasteiger partial charge in [0.1, 0.15) is 6.54 Å². The first-order valence-electron chi connectivity index (χ1n) is 7.73. The predicted molar refractivity (Wildman–Crippen MR) is 82.8 cm³/mol. The van der Waals surface area contributed by atoms with E-state index in [-0.39, 0.29) is 12.5 Å². The van der Waals surface area contributed by atoms with Gasteiger partial charge in [-0.15, -0.1) is 5.10 Å². The Morgan fingerprint density at radius 3 is 2.55 bits per heavy atom. The molecule has 0 N–H and O–H groups in total. The van der Waals surface area contributed by atoms with Gasteiger partial charge in [-0.2, -0.15) is 0 Å². The molecule has 6 nitrogen and oxygen atoms in total. The number of benzene rings is 1. The molecule has 2 atom stereocenters. The SMILES string of the molecule is C[C@@H]1C[C@@H](C)CN(C(=O)Cn2nnnc2-c2ccccc2)C1. The third-order valence-corrected chi connectivity index (χ3v) is 4.07. The van der Waals surface area contributed by atoms with E-state index in [9.17, 15) is 4.79 Å². The number of likely N-dealkylation sites (tertiary alicyclic amines) is 1. The molecule has 3 rings (SSSR count). The van der Waals surface area contributed by atoms with Crippen LogP contribution in [0.3, 0.4) is 0 Å². The van der Waals surface area contributed by atoms with Gasteiger partial charge in [0.2, 0.25) is 5.91 Å². The molecule has 1 aromatic carbocycles. The molecule has 22 heavy (non-hydrogen) atoms. The highest BCUT2D eigenvalue weighted by Gasteiger charge is 2.26. The molecule has 1 saturated heterocycles. The van der Waals surface area contributed by atoms with Gasteiger partial charge in [-0.05, 0) is 28.7 Å². The van der Waals surface area contributed by atoms with Crippen LogP contribution in [0.2, 0.25) is 0 Å². The number of tetrazole rings is 1. The highest BCUT2D eigenvalue weighted by Crippen LogP contribution is 2.21. The van der Waals surface area contributed by atoms with Crippen molar-refractivity contribution < 1.29 is 4.79 Å². The number of amides is 1. The second kappa shape index (κ2) is 6.25. The Hall–Kier alpha value is -2.24. The molecular weight excluding hydrogens is 278 g/mol. The maximum absolute atomic E-state index is 12.5. The van der Waals surface area contributed by atoms with Crippen molar-refractivity contribution in [3.05, 3.63) is 30.3 Å². The fourth-order valence-corrected chi connectivity index (χ4v) is 3.20. The zero-order chi connectivity index (χ0) is 15.5. The number of hydrogen-bond acceptors (Lipinski definition) is 4. The molecule has 0 spiro atoms. The van der Waals surface area contributed by atoms with Crippen LogP contribution in [-0.2, 0) is 11.3 Å². The smallest absolute Gasteiger partial charge is 0.244 e. The molecule has 1 aliphatic rings. The fourth-order valence-electron chi connectivity index (χ4n) is 3.20. The minimum Gasteiger partial charge on any atom is -0.341 e. The molecule has 1 aliphatic heterocycles. The largest absolute Gasteiger partial charge is 0.341 e. The number of nitrogens with zero attached hydrogens (tertiary/aromatic N) is 5. The number of hydrogen-bond donors (Lipinski definition) is 0. The lowest BCUT2D eigenvalue weighted by Crippen LogP contribution is -2.44. The van der Waals surface area contributed by atoms with Crippen LogP contribution in [0.15, 0.2) is 30.3 Å². The van der Waals surface area contributed by atoms with E-state index < -0.39 is 0 Å². The lowest BCUT2D eigenvalue weighted by molar-refractivity contribution is -0.134. The Labute approximate surface area is 130 Å². The zero-order valence-corrected chi connectivity index (χ0v) is 13.0. The molecule has 6 heteroatoms. The van der Waals surface area contributed by atoms with E-state index in [0.717, 1.165) is 18.7 Å². The van der Waals surface area contributed by atoms with E-state index in [2.05, 4.69) is 29.4 Å². The van der Waals surface area contributed by atoms with Crippen LogP contribution in [0.5, 0.6) is 0 Å². The molecule has 0 bridgehead atoms. The predicted octanol–water partition coefficient (Wildman–Crippen LogP) is 1.84. The fraction of sp³-hybridized carbons (Fsp3) is 0.500. The second-order valence-corrected chi connectivity index (χ2v) is 6.27. The van der Waals surface area contributed by atoms with Gasteiger partial charge in [0.25, 0.3) is 0 Å². The average molecular weight is 299 g/mol. The van der Waals surface area contributed by atoms with Crippen LogP contribution in [-0.4, -0.2) is 44.1 Å². The Morgan fingerprint density at radius 2 is 1.86 bits per heavy atom. The van der Waals surface area contributed by atoms with Crippen molar-refractivity contribution in [2.75, 3.05) is 13.1 Å². The molecule has 0 unspecified atom stereocenters. The van der Waals surface area contributed by atoms with Gasteiger partial charge in [-0.1, -0.05) is 44.2 Å². The molecule has 116 valence electrons. The number of rotatable bonds is 3. The summed E-state index contributed by atoms with van der Waals surface area (Å²) in [6, 6.07) is 9.70. The highest BCUT2D eigenvalue weighted by molar-refractivity contribution is 5.76. The summed E-state index contributed by atoms with van der Waals surface area (Å²) in [7, 11) is 0. The van der Waals surface area contributed by atoms with Crippen molar-refractivity contribution in [1.82, 2.24) is 25.1 Å². The van der Waals surface area contributed by atoms with E-state index in [1.807, 2.05) is 35.2 Å². The van der Waals surface area contributed by atoms with Crippen LogP contribution in [0.25, 0.3) is 11.4 Å². The Bertz CT molecular complexity index is 629. The lowest BCUT2D eigenvalue weighted by atomic mass is 9.92. The Kier molecular flexibility index (Phi) is 4.18. The van der Waals surface area contributed by atoms with Crippen LogP contribution in [0.4, 0.5) is 0 Å². The van der Waals surface area contributed by atoms with Gasteiger partial charge in [0.05, 0.1) is 0 Å². The number of piperidine rings is 1. The molecule has 1 fully saturated rings. The van der Waals surface area contributed by atoms with Crippen LogP contribution in [0, 0.1) is 11.8 Å². The van der Waals surface area contributed by atoms with Crippen molar-refractivity contribution in [1.29, 1.82) is 0 Å². The number of carbonyl (C=O) groups is 1. The van der Waals surface area contributed by atoms with Gasteiger partial charge in [0.15, 0.2) is 5.82 Å². The normalized spacial score (nSPS) is 21.8. The third-order valence-electron chi connectivity index (χ3n) is 4.07. The van der Waals surface area contributed by atoms with Crippen molar-refractivity contribution in [2.45, 2.75) is 26.8 Å². The molecule has 0 aliphatic carbocycles. The molecular formula is C16H21N5O. The summed E-state index contributed by atoms with van der Waals surface area (Å²) in [6.07, 6.45) is 1.18. The number of aromatic nitrogens is 4. The molecule has 1 amide bonds. The monoisotopic (exact) mass is 299 g/mol. The zero-order valence-electron chi connectivity index (χ0n) is 13.0. The molecule has 1 aromatic heterocycles. The van der Waals surface area contributed by atoms with Crippen LogP contribution < -0.4 is 0 Å². The summed E-state index contributed by atoms with van der Waals surface area (Å²) >= 11 is 0. The van der Waals surface area contributed by atoms with Crippen molar-refractivity contribution in [2.24, 2.45) is 11.8 Å². The molecule has 2 heterocycles. The second-order valence-electron chi connectivity index (χ2n) is 6.27. The summed E-state index contributed by atoms with van der Waals surface area (Å²) in [4.78, 5) is 14.5. The van der Waals surface area contributed by atoms with Crippen LogP contribution >= 0.6 is 0 Å². The first kappa shape index (κ1) is 14.7. The lowest BCUT2D eigenvalue weighted by Gasteiger charge is -2.35. The van der Waals surface area contributed by atoms with Crippen molar-refractivity contribution in [3.63, 3.8) is 0 Å². The minimum atomic E-state index is 0.0860. The van der Waals surface area contributed by atoms with E-state index >= 15 is 0 Å². The van der Waals surface area contributed by atoms with Gasteiger partial charge >= 0.3 is 0 Å². The van der Waals surface area contributed by atoms with E-state index in [1.54, 1.807) is 4.68 Å². The Morgan fingerprint density at radius 1 is 1.18 bits per heavy atom. The van der Waals surface area contributed by atoms with E-state index in [1.165, 1.54) is 6.42 Å². The van der Waals surface area contributed by atoms with Gasteiger partial charge in [-0.3, -0.25) is 4.79 Å². The average Bonchev–Trinajstić information content (AvgIpc) is 2.95. The molecule has 0 radical (unpaired) electrons. The molecule has 0 saturated carbocycles. The van der Waals surface area contributed by atoms with E-state index in [4.69, 9.17) is 0 Å². The third kappa shape index (κ3) is 3.16. The summed E-state index contributed by atoms with van der Waals surface area (Å²) in [6.45, 7) is 6.24. The first-order chi connectivity index (χ1) is 10.6. The summed E-state index contributed by atoms with van der Waals surface area (Å²) in [5, 5.41) is 11.7. The summed E-state index contributed by atoms with van der Waals surface area (Å²) in [5.74, 6) is 1.82. The standard InChI is InChI=1S/C16H21N5O/c1-12-8-13(2)10-20(9-12)15(22)11-21-16(17-18-19-21)14-6-4-3-5-7-14/h3-7,12-13H,8-11H2,1-2H3/t12-,13-/m1/s1. The van der Waals surface area contributed by atoms with Crippen LogP contribution in [0.1, 0.15) is 20.3 Å². The molecule has 2 aromatic rings. The van der Waals surface area contributed by atoms with Crippen molar-refractivity contribution in [3.8, 4) is 11.4 Å².